The molecule has 0 saturated carbocycles. The van der Waals surface area contributed by atoms with Crippen LogP contribution in [0.3, 0.4) is 0 Å². The molecule has 0 N–H and O–H groups in total. The zero-order valence-corrected chi connectivity index (χ0v) is 14.9. The first kappa shape index (κ1) is 19.0. The van der Waals surface area contributed by atoms with E-state index >= 15 is 0 Å². The Bertz CT molecular complexity index is 597. The first-order chi connectivity index (χ1) is 11.0. The number of rotatable bonds is 9. The monoisotopic (exact) mass is 307 g/mol. The van der Waals surface area contributed by atoms with Crippen LogP contribution < -0.4 is 0 Å². The lowest BCUT2D eigenvalue weighted by atomic mass is 9.89. The van der Waals surface area contributed by atoms with Gasteiger partial charge in [0.05, 0.1) is 11.6 Å². The number of nitriles is 1. The fourth-order valence-electron chi connectivity index (χ4n) is 2.81. The van der Waals surface area contributed by atoms with Gasteiger partial charge in [0.25, 0.3) is 0 Å². The zero-order chi connectivity index (χ0) is 17.2. The van der Waals surface area contributed by atoms with Crippen LogP contribution in [0.5, 0.6) is 0 Å². The van der Waals surface area contributed by atoms with E-state index in [0.717, 1.165) is 29.6 Å². The standard InChI is InChI=1S/C22H29N/c1-6-7-9-20(15-22(17(2)3)18(4)5)13-12-19-10-8-11-21(14-19)16-23/h8,10-11,14-15,20H,2,4,6-7,9,12-13H2,1,3,5H3. The van der Waals surface area contributed by atoms with Crippen LogP contribution in [0.25, 0.3) is 0 Å². The SMILES string of the molecule is C=C(C)C(=CC(CCCC)CCc1cccc(C#N)c1)C(=C)C. The Balaban J connectivity index is 2.85. The van der Waals surface area contributed by atoms with Crippen LogP contribution in [0.15, 0.2) is 60.2 Å². The van der Waals surface area contributed by atoms with Gasteiger partial charge in [0.2, 0.25) is 0 Å². The molecule has 1 rings (SSSR count). The van der Waals surface area contributed by atoms with Crippen molar-refractivity contribution in [2.45, 2.75) is 52.9 Å². The van der Waals surface area contributed by atoms with E-state index in [9.17, 15) is 0 Å². The Morgan fingerprint density at radius 1 is 1.22 bits per heavy atom. The van der Waals surface area contributed by atoms with Gasteiger partial charge in [-0.3, -0.25) is 0 Å². The van der Waals surface area contributed by atoms with Gasteiger partial charge < -0.3 is 0 Å². The van der Waals surface area contributed by atoms with Crippen molar-refractivity contribution < 1.29 is 0 Å². The van der Waals surface area contributed by atoms with E-state index < -0.39 is 0 Å². The third kappa shape index (κ3) is 6.70. The number of benzene rings is 1. The Hall–Kier alpha value is -2.07. The summed E-state index contributed by atoms with van der Waals surface area (Å²) < 4.78 is 0. The molecule has 0 bridgehead atoms. The number of unbranched alkanes of at least 4 members (excludes halogenated alkanes) is 1. The van der Waals surface area contributed by atoms with E-state index in [2.05, 4.69) is 38.3 Å². The maximum Gasteiger partial charge on any atom is 0.0991 e. The highest BCUT2D eigenvalue weighted by atomic mass is 14.2. The molecule has 0 radical (unpaired) electrons. The predicted octanol–water partition coefficient (Wildman–Crippen LogP) is 6.38. The highest BCUT2D eigenvalue weighted by Gasteiger charge is 2.09. The van der Waals surface area contributed by atoms with Gasteiger partial charge in [-0.2, -0.15) is 5.26 Å². The first-order valence-electron chi connectivity index (χ1n) is 8.50. The summed E-state index contributed by atoms with van der Waals surface area (Å²) in [5.74, 6) is 0.532. The number of hydrogen-bond acceptors (Lipinski definition) is 1. The van der Waals surface area contributed by atoms with E-state index in [0.29, 0.717) is 5.92 Å². The van der Waals surface area contributed by atoms with E-state index in [1.165, 1.54) is 30.4 Å². The molecule has 0 amide bonds. The maximum atomic E-state index is 9.02. The molecule has 1 nitrogen and oxygen atoms in total. The Morgan fingerprint density at radius 3 is 2.48 bits per heavy atom. The van der Waals surface area contributed by atoms with E-state index in [1.807, 2.05) is 32.0 Å². The van der Waals surface area contributed by atoms with Gasteiger partial charge in [0.15, 0.2) is 0 Å². The van der Waals surface area contributed by atoms with Crippen molar-refractivity contribution in [3.8, 4) is 6.07 Å². The molecule has 122 valence electrons. The Kier molecular flexibility index (Phi) is 8.13. The molecule has 0 fully saturated rings. The lowest BCUT2D eigenvalue weighted by Gasteiger charge is -2.16. The summed E-state index contributed by atoms with van der Waals surface area (Å²) in [6, 6.07) is 10.2. The van der Waals surface area contributed by atoms with Crippen LogP contribution in [0, 0.1) is 17.2 Å². The molecule has 0 aliphatic rings. The van der Waals surface area contributed by atoms with Crippen molar-refractivity contribution in [3.63, 3.8) is 0 Å². The summed E-state index contributed by atoms with van der Waals surface area (Å²) in [4.78, 5) is 0. The largest absolute Gasteiger partial charge is 0.192 e. The molecule has 0 spiro atoms. The summed E-state index contributed by atoms with van der Waals surface area (Å²) in [7, 11) is 0. The molecular formula is C22H29N. The normalized spacial score (nSPS) is 11.4. The van der Waals surface area contributed by atoms with Crippen LogP contribution >= 0.6 is 0 Å². The zero-order valence-electron chi connectivity index (χ0n) is 14.9. The fourth-order valence-corrected chi connectivity index (χ4v) is 2.81. The highest BCUT2D eigenvalue weighted by molar-refractivity contribution is 5.42. The van der Waals surface area contributed by atoms with Gasteiger partial charge in [0.1, 0.15) is 0 Å². The Labute approximate surface area is 142 Å². The minimum absolute atomic E-state index is 0.532. The summed E-state index contributed by atoms with van der Waals surface area (Å²) >= 11 is 0. The molecule has 0 aliphatic carbocycles. The smallest absolute Gasteiger partial charge is 0.0991 e. The number of nitrogens with zero attached hydrogens (tertiary/aromatic N) is 1. The fraction of sp³-hybridized carbons (Fsp3) is 0.409. The average Bonchev–Trinajstić information content (AvgIpc) is 2.53. The van der Waals surface area contributed by atoms with Crippen molar-refractivity contribution >= 4 is 0 Å². The van der Waals surface area contributed by atoms with E-state index in [4.69, 9.17) is 5.26 Å². The second kappa shape index (κ2) is 9.85. The second-order valence-corrected chi connectivity index (χ2v) is 6.39. The van der Waals surface area contributed by atoms with Gasteiger partial charge in [-0.05, 0) is 62.3 Å². The molecule has 1 atom stereocenters. The molecule has 1 unspecified atom stereocenters. The molecular weight excluding hydrogens is 278 g/mol. The highest BCUT2D eigenvalue weighted by Crippen LogP contribution is 2.24. The average molecular weight is 307 g/mol. The maximum absolute atomic E-state index is 9.02. The summed E-state index contributed by atoms with van der Waals surface area (Å²) in [6.07, 6.45) is 8.09. The first-order valence-corrected chi connectivity index (χ1v) is 8.50. The van der Waals surface area contributed by atoms with Crippen molar-refractivity contribution in [3.05, 3.63) is 71.3 Å². The Morgan fingerprint density at radius 2 is 1.91 bits per heavy atom. The molecule has 0 aromatic heterocycles. The molecule has 1 aromatic rings. The van der Waals surface area contributed by atoms with Gasteiger partial charge in [-0.25, -0.2) is 0 Å². The van der Waals surface area contributed by atoms with Crippen molar-refractivity contribution in [1.82, 2.24) is 0 Å². The summed E-state index contributed by atoms with van der Waals surface area (Å²) in [5, 5.41) is 9.02. The van der Waals surface area contributed by atoms with Crippen LogP contribution in [-0.4, -0.2) is 0 Å². The van der Waals surface area contributed by atoms with Crippen LogP contribution in [0.1, 0.15) is 57.6 Å². The van der Waals surface area contributed by atoms with Crippen LogP contribution in [0.4, 0.5) is 0 Å². The minimum atomic E-state index is 0.532. The summed E-state index contributed by atoms with van der Waals surface area (Å²) in [6.45, 7) is 14.5. The molecule has 1 aromatic carbocycles. The van der Waals surface area contributed by atoms with Gasteiger partial charge >= 0.3 is 0 Å². The van der Waals surface area contributed by atoms with E-state index in [1.54, 1.807) is 0 Å². The topological polar surface area (TPSA) is 23.8 Å². The van der Waals surface area contributed by atoms with Gasteiger partial charge in [-0.15, -0.1) is 0 Å². The minimum Gasteiger partial charge on any atom is -0.192 e. The third-order valence-corrected chi connectivity index (χ3v) is 4.11. The number of aryl methyl sites for hydroxylation is 1. The van der Waals surface area contributed by atoms with Crippen molar-refractivity contribution in [2.24, 2.45) is 5.92 Å². The lowest BCUT2D eigenvalue weighted by Crippen LogP contribution is -2.02. The molecule has 1 heteroatoms. The predicted molar refractivity (Wildman–Crippen MR) is 100 cm³/mol. The molecule has 0 heterocycles. The molecule has 0 aliphatic heterocycles. The van der Waals surface area contributed by atoms with Crippen LogP contribution in [0.2, 0.25) is 0 Å². The van der Waals surface area contributed by atoms with Crippen molar-refractivity contribution in [2.75, 3.05) is 0 Å². The number of hydrogen-bond donors (Lipinski definition) is 0. The van der Waals surface area contributed by atoms with Gasteiger partial charge in [0, 0.05) is 0 Å². The molecule has 0 saturated heterocycles. The van der Waals surface area contributed by atoms with E-state index in [-0.39, 0.29) is 0 Å². The van der Waals surface area contributed by atoms with Crippen molar-refractivity contribution in [1.29, 1.82) is 5.26 Å². The lowest BCUT2D eigenvalue weighted by molar-refractivity contribution is 0.516. The number of allylic oxidation sites excluding steroid dienone is 4. The summed E-state index contributed by atoms with van der Waals surface area (Å²) in [5.41, 5.74) is 5.37. The van der Waals surface area contributed by atoms with Crippen LogP contribution in [-0.2, 0) is 6.42 Å². The third-order valence-electron chi connectivity index (χ3n) is 4.11. The second-order valence-electron chi connectivity index (χ2n) is 6.39. The molecule has 23 heavy (non-hydrogen) atoms. The van der Waals surface area contributed by atoms with Gasteiger partial charge in [-0.1, -0.05) is 62.3 Å². The quantitative estimate of drug-likeness (QED) is 0.486.